The first-order valence-corrected chi connectivity index (χ1v) is 10.4. The Morgan fingerprint density at radius 1 is 1.41 bits per heavy atom. The number of amides is 1. The summed E-state index contributed by atoms with van der Waals surface area (Å²) in [5.41, 5.74) is 5.29. The minimum absolute atomic E-state index is 0.0942. The summed E-state index contributed by atoms with van der Waals surface area (Å²) in [6.07, 6.45) is 0. The number of nitrogens with two attached hydrogens (primary N) is 1. The second-order valence-electron chi connectivity index (χ2n) is 5.80. The molecule has 0 saturated carbocycles. The zero-order valence-corrected chi connectivity index (χ0v) is 15.1. The molecule has 1 fully saturated rings. The summed E-state index contributed by atoms with van der Waals surface area (Å²) in [7, 11) is -3.61. The lowest BCUT2D eigenvalue weighted by atomic mass is 10.1. The van der Waals surface area contributed by atoms with Crippen molar-refractivity contribution < 1.29 is 13.2 Å². The fourth-order valence-electron chi connectivity index (χ4n) is 1.98. The molecule has 22 heavy (non-hydrogen) atoms. The Labute approximate surface area is 139 Å². The summed E-state index contributed by atoms with van der Waals surface area (Å²) < 4.78 is 26.8. The van der Waals surface area contributed by atoms with Crippen molar-refractivity contribution in [1.29, 1.82) is 0 Å². The topological polar surface area (TPSA) is 92.5 Å². The molecule has 3 N–H and O–H groups in total. The van der Waals surface area contributed by atoms with Gasteiger partial charge in [0.1, 0.15) is 9.77 Å². The van der Waals surface area contributed by atoms with Crippen molar-refractivity contribution >= 4 is 39.0 Å². The van der Waals surface area contributed by atoms with Crippen LogP contribution in [0, 0.1) is 0 Å². The SMILES string of the molecule is CC(C)(N)CNC(=O)c1sccc1S(=O)(=O)N1CCSCC1. The van der Waals surface area contributed by atoms with Crippen LogP contribution in [-0.4, -0.2) is 55.3 Å². The highest BCUT2D eigenvalue weighted by atomic mass is 32.2. The van der Waals surface area contributed by atoms with Gasteiger partial charge in [0.2, 0.25) is 10.0 Å². The number of nitrogens with one attached hydrogen (secondary N) is 1. The zero-order valence-electron chi connectivity index (χ0n) is 12.7. The van der Waals surface area contributed by atoms with E-state index in [-0.39, 0.29) is 16.3 Å². The molecule has 0 aliphatic carbocycles. The molecule has 0 radical (unpaired) electrons. The largest absolute Gasteiger partial charge is 0.349 e. The molecule has 0 atom stereocenters. The highest BCUT2D eigenvalue weighted by molar-refractivity contribution is 7.99. The Morgan fingerprint density at radius 3 is 2.64 bits per heavy atom. The van der Waals surface area contributed by atoms with Gasteiger partial charge in [-0.05, 0) is 25.3 Å². The third kappa shape index (κ3) is 4.23. The van der Waals surface area contributed by atoms with Crippen molar-refractivity contribution in [3.63, 3.8) is 0 Å². The minimum Gasteiger partial charge on any atom is -0.349 e. The number of carbonyl (C=O) groups is 1. The predicted octanol–water partition coefficient (Wildman–Crippen LogP) is 0.953. The van der Waals surface area contributed by atoms with Crippen LogP contribution in [-0.2, 0) is 10.0 Å². The first kappa shape index (κ1) is 17.7. The summed E-state index contributed by atoms with van der Waals surface area (Å²) in [6, 6.07) is 1.50. The van der Waals surface area contributed by atoms with Crippen LogP contribution in [0.3, 0.4) is 0 Å². The Bertz CT molecular complexity index is 628. The Balaban J connectivity index is 2.19. The second kappa shape index (κ2) is 6.88. The maximum atomic E-state index is 12.7. The molecule has 124 valence electrons. The Morgan fingerprint density at radius 2 is 2.05 bits per heavy atom. The van der Waals surface area contributed by atoms with E-state index in [9.17, 15) is 13.2 Å². The molecule has 0 aromatic carbocycles. The van der Waals surface area contributed by atoms with E-state index in [4.69, 9.17) is 5.73 Å². The number of hydrogen-bond acceptors (Lipinski definition) is 6. The lowest BCUT2D eigenvalue weighted by Gasteiger charge is -2.25. The average molecular weight is 364 g/mol. The molecule has 9 heteroatoms. The monoisotopic (exact) mass is 363 g/mol. The molecule has 2 heterocycles. The summed E-state index contributed by atoms with van der Waals surface area (Å²) in [5.74, 6) is 1.18. The van der Waals surface area contributed by atoms with Gasteiger partial charge in [0.25, 0.3) is 5.91 Å². The van der Waals surface area contributed by atoms with Crippen LogP contribution in [0.25, 0.3) is 0 Å². The molecular weight excluding hydrogens is 342 g/mol. The van der Waals surface area contributed by atoms with Crippen LogP contribution in [0.15, 0.2) is 16.3 Å². The van der Waals surface area contributed by atoms with E-state index in [0.29, 0.717) is 13.1 Å². The summed E-state index contributed by atoms with van der Waals surface area (Å²) in [4.78, 5) is 12.6. The lowest BCUT2D eigenvalue weighted by Crippen LogP contribution is -2.45. The van der Waals surface area contributed by atoms with Crippen molar-refractivity contribution in [2.75, 3.05) is 31.1 Å². The van der Waals surface area contributed by atoms with Crippen LogP contribution in [0.2, 0.25) is 0 Å². The molecule has 2 rings (SSSR count). The molecule has 0 bridgehead atoms. The quantitative estimate of drug-likeness (QED) is 0.813. The van der Waals surface area contributed by atoms with E-state index in [1.807, 2.05) is 0 Å². The first-order chi connectivity index (χ1) is 10.2. The van der Waals surface area contributed by atoms with E-state index in [1.54, 1.807) is 31.0 Å². The van der Waals surface area contributed by atoms with Crippen molar-refractivity contribution in [3.8, 4) is 0 Å². The summed E-state index contributed by atoms with van der Waals surface area (Å²) in [6.45, 7) is 4.85. The van der Waals surface area contributed by atoms with E-state index >= 15 is 0 Å². The zero-order chi connectivity index (χ0) is 16.4. The van der Waals surface area contributed by atoms with Gasteiger partial charge in [-0.25, -0.2) is 8.42 Å². The highest BCUT2D eigenvalue weighted by Gasteiger charge is 2.31. The summed E-state index contributed by atoms with van der Waals surface area (Å²) >= 11 is 2.87. The fraction of sp³-hybridized carbons (Fsp3) is 0.615. The number of sulfonamides is 1. The first-order valence-electron chi connectivity index (χ1n) is 6.94. The average Bonchev–Trinajstić information content (AvgIpc) is 2.95. The van der Waals surface area contributed by atoms with Crippen molar-refractivity contribution in [1.82, 2.24) is 9.62 Å². The highest BCUT2D eigenvalue weighted by Crippen LogP contribution is 2.27. The molecule has 1 amide bonds. The van der Waals surface area contributed by atoms with Gasteiger partial charge in [-0.2, -0.15) is 16.1 Å². The number of hydrogen-bond donors (Lipinski definition) is 2. The molecule has 1 aliphatic rings. The van der Waals surface area contributed by atoms with E-state index in [1.165, 1.54) is 10.4 Å². The summed E-state index contributed by atoms with van der Waals surface area (Å²) in [5, 5.41) is 4.33. The molecular formula is C13H21N3O3S3. The lowest BCUT2D eigenvalue weighted by molar-refractivity contribution is 0.0947. The van der Waals surface area contributed by atoms with Gasteiger partial charge in [0, 0.05) is 36.7 Å². The third-order valence-electron chi connectivity index (χ3n) is 3.13. The van der Waals surface area contributed by atoms with Gasteiger partial charge < -0.3 is 11.1 Å². The maximum absolute atomic E-state index is 12.7. The molecule has 1 aromatic heterocycles. The molecule has 1 saturated heterocycles. The van der Waals surface area contributed by atoms with Crippen LogP contribution in [0.1, 0.15) is 23.5 Å². The minimum atomic E-state index is -3.61. The smallest absolute Gasteiger partial charge is 0.262 e. The van der Waals surface area contributed by atoms with Gasteiger partial charge in [0.15, 0.2) is 0 Å². The standard InChI is InChI=1S/C13H21N3O3S3/c1-13(2,14)9-15-12(17)11-10(3-6-21-11)22(18,19)16-4-7-20-8-5-16/h3,6H,4-5,7-9,14H2,1-2H3,(H,15,17). The molecule has 0 spiro atoms. The van der Waals surface area contributed by atoms with Crippen molar-refractivity contribution in [2.45, 2.75) is 24.3 Å². The number of thiophene rings is 1. The van der Waals surface area contributed by atoms with Gasteiger partial charge >= 0.3 is 0 Å². The van der Waals surface area contributed by atoms with Crippen molar-refractivity contribution in [3.05, 3.63) is 16.3 Å². The Hall–Kier alpha value is -0.610. The predicted molar refractivity (Wildman–Crippen MR) is 91.0 cm³/mol. The molecule has 1 aliphatic heterocycles. The maximum Gasteiger partial charge on any atom is 0.262 e. The van der Waals surface area contributed by atoms with Crippen LogP contribution in [0.5, 0.6) is 0 Å². The molecule has 1 aromatic rings. The molecule has 6 nitrogen and oxygen atoms in total. The van der Waals surface area contributed by atoms with Gasteiger partial charge in [-0.3, -0.25) is 4.79 Å². The number of nitrogens with zero attached hydrogens (tertiary/aromatic N) is 1. The van der Waals surface area contributed by atoms with Crippen LogP contribution in [0.4, 0.5) is 0 Å². The van der Waals surface area contributed by atoms with Crippen LogP contribution >= 0.6 is 23.1 Å². The van der Waals surface area contributed by atoms with Crippen LogP contribution < -0.4 is 11.1 Å². The van der Waals surface area contributed by atoms with Crippen molar-refractivity contribution in [2.24, 2.45) is 5.73 Å². The van der Waals surface area contributed by atoms with Gasteiger partial charge in [0.05, 0.1) is 0 Å². The molecule has 0 unspecified atom stereocenters. The number of thioether (sulfide) groups is 1. The number of carbonyl (C=O) groups excluding carboxylic acids is 1. The van der Waals surface area contributed by atoms with E-state index in [0.717, 1.165) is 22.8 Å². The fourth-order valence-corrected chi connectivity index (χ4v) is 5.87. The second-order valence-corrected chi connectivity index (χ2v) is 9.85. The number of rotatable bonds is 5. The van der Waals surface area contributed by atoms with Gasteiger partial charge in [-0.15, -0.1) is 11.3 Å². The van der Waals surface area contributed by atoms with Gasteiger partial charge in [-0.1, -0.05) is 0 Å². The third-order valence-corrected chi connectivity index (χ3v) is 7.05. The van der Waals surface area contributed by atoms with E-state index in [2.05, 4.69) is 5.32 Å². The Kier molecular flexibility index (Phi) is 5.54. The normalized spacial score (nSPS) is 17.4. The van der Waals surface area contributed by atoms with E-state index < -0.39 is 21.5 Å².